The molecule has 0 radical (unpaired) electrons. The molecule has 21 heavy (non-hydrogen) atoms. The number of halogens is 1. The van der Waals surface area contributed by atoms with E-state index in [4.69, 9.17) is 4.84 Å². The molecule has 7 nitrogen and oxygen atoms in total. The van der Waals surface area contributed by atoms with Crippen LogP contribution in [0.25, 0.3) is 0 Å². The molecule has 114 valence electrons. The first-order chi connectivity index (χ1) is 9.93. The Morgan fingerprint density at radius 2 is 1.86 bits per heavy atom. The molecule has 8 heteroatoms. The fraction of sp³-hybridized carbons (Fsp3) is 0.385. The maximum atomic E-state index is 12.0. The summed E-state index contributed by atoms with van der Waals surface area (Å²) >= 11 is 3.17. The predicted octanol–water partition coefficient (Wildman–Crippen LogP) is 1.04. The lowest BCUT2D eigenvalue weighted by molar-refractivity contribution is -0.237. The van der Waals surface area contributed by atoms with E-state index < -0.39 is 24.4 Å². The lowest BCUT2D eigenvalue weighted by Gasteiger charge is -2.22. The zero-order chi connectivity index (χ0) is 15.6. The van der Waals surface area contributed by atoms with Crippen molar-refractivity contribution in [1.29, 1.82) is 0 Å². The highest BCUT2D eigenvalue weighted by Gasteiger charge is 2.34. The van der Waals surface area contributed by atoms with Gasteiger partial charge in [0, 0.05) is 4.47 Å². The monoisotopic (exact) mass is 359 g/mol. The van der Waals surface area contributed by atoms with Crippen molar-refractivity contribution in [2.24, 2.45) is 0 Å². The highest BCUT2D eigenvalue weighted by Crippen LogP contribution is 2.24. The number of nitrogens with zero attached hydrogens (tertiary/aromatic N) is 1. The number of methoxy groups -OCH3 is 1. The summed E-state index contributed by atoms with van der Waals surface area (Å²) in [7, 11) is 1.26. The Bertz CT molecular complexity index is 554. The van der Waals surface area contributed by atoms with E-state index in [-0.39, 0.29) is 11.1 Å². The number of aliphatic hydroxyl groups is 2. The highest BCUT2D eigenvalue weighted by atomic mass is 79.9. The Morgan fingerprint density at radius 1 is 1.24 bits per heavy atom. The van der Waals surface area contributed by atoms with E-state index >= 15 is 0 Å². The van der Waals surface area contributed by atoms with Crippen molar-refractivity contribution in [3.8, 4) is 0 Å². The molecule has 0 aromatic heterocycles. The van der Waals surface area contributed by atoms with Crippen LogP contribution in [0.15, 0.2) is 22.7 Å². The number of aliphatic hydroxyl groups excluding tert-OH is 2. The minimum Gasteiger partial charge on any atom is -0.465 e. The third-order valence-electron chi connectivity index (χ3n) is 3.07. The van der Waals surface area contributed by atoms with Gasteiger partial charge >= 0.3 is 11.9 Å². The van der Waals surface area contributed by atoms with Crippen LogP contribution in [0.3, 0.4) is 0 Å². The fourth-order valence-electron chi connectivity index (χ4n) is 1.94. The van der Waals surface area contributed by atoms with Gasteiger partial charge in [0.25, 0.3) is 0 Å². The first-order valence-corrected chi connectivity index (χ1v) is 6.98. The summed E-state index contributed by atoms with van der Waals surface area (Å²) in [4.78, 5) is 28.4. The summed E-state index contributed by atoms with van der Waals surface area (Å²) in [5.74, 6) is -1.28. The van der Waals surface area contributed by atoms with Crippen LogP contribution in [0.2, 0.25) is 0 Å². The number of esters is 1. The minimum absolute atomic E-state index is 0.167. The second-order valence-corrected chi connectivity index (χ2v) is 5.32. The fourth-order valence-corrected chi connectivity index (χ4v) is 2.48. The molecule has 1 fully saturated rings. The van der Waals surface area contributed by atoms with Gasteiger partial charge in [-0.1, -0.05) is 5.06 Å². The SMILES string of the molecule is COC(=O)c1ccc(C(=O)ON2C(O)CCC2O)cc1Br. The van der Waals surface area contributed by atoms with Crippen LogP contribution in [0.5, 0.6) is 0 Å². The summed E-state index contributed by atoms with van der Waals surface area (Å²) in [6, 6.07) is 4.22. The molecule has 2 unspecified atom stereocenters. The Labute approximate surface area is 129 Å². The second-order valence-electron chi connectivity index (χ2n) is 4.46. The average Bonchev–Trinajstić information content (AvgIpc) is 2.78. The molecule has 2 atom stereocenters. The van der Waals surface area contributed by atoms with E-state index in [9.17, 15) is 19.8 Å². The summed E-state index contributed by atoms with van der Waals surface area (Å²) in [5, 5.41) is 20.0. The number of hydroxylamine groups is 2. The number of rotatable bonds is 3. The van der Waals surface area contributed by atoms with E-state index in [1.165, 1.54) is 25.3 Å². The lowest BCUT2D eigenvalue weighted by Crippen LogP contribution is -2.37. The first-order valence-electron chi connectivity index (χ1n) is 6.18. The van der Waals surface area contributed by atoms with E-state index in [0.717, 1.165) is 5.06 Å². The number of carbonyl (C=O) groups excluding carboxylic acids is 2. The van der Waals surface area contributed by atoms with Crippen LogP contribution in [-0.2, 0) is 9.57 Å². The van der Waals surface area contributed by atoms with Crippen molar-refractivity contribution in [3.05, 3.63) is 33.8 Å². The van der Waals surface area contributed by atoms with Crippen molar-refractivity contribution >= 4 is 27.9 Å². The summed E-state index contributed by atoms with van der Waals surface area (Å²) in [6.07, 6.45) is -1.41. The van der Waals surface area contributed by atoms with E-state index in [0.29, 0.717) is 17.3 Å². The Morgan fingerprint density at radius 3 is 2.38 bits per heavy atom. The molecular weight excluding hydrogens is 346 g/mol. The molecular formula is C13H14BrNO6. The van der Waals surface area contributed by atoms with E-state index in [2.05, 4.69) is 20.7 Å². The molecule has 0 saturated carbocycles. The van der Waals surface area contributed by atoms with Gasteiger partial charge in [0.05, 0.1) is 18.2 Å². The van der Waals surface area contributed by atoms with Gasteiger partial charge < -0.3 is 19.8 Å². The summed E-state index contributed by atoms with van der Waals surface area (Å²) in [6.45, 7) is 0. The van der Waals surface area contributed by atoms with Crippen molar-refractivity contribution < 1.29 is 29.4 Å². The molecule has 1 saturated heterocycles. The standard InChI is InChI=1S/C13H14BrNO6/c1-20-13(19)8-3-2-7(6-9(8)14)12(18)21-15-10(16)4-5-11(15)17/h2-3,6,10-11,16-17H,4-5H2,1H3. The van der Waals surface area contributed by atoms with Crippen LogP contribution in [0.4, 0.5) is 0 Å². The summed E-state index contributed by atoms with van der Waals surface area (Å²) in [5.41, 5.74) is 0.441. The van der Waals surface area contributed by atoms with Gasteiger partial charge in [-0.2, -0.15) is 0 Å². The molecule has 1 aromatic rings. The molecule has 0 spiro atoms. The quantitative estimate of drug-likeness (QED) is 0.778. The molecule has 2 rings (SSSR count). The van der Waals surface area contributed by atoms with Crippen LogP contribution >= 0.6 is 15.9 Å². The van der Waals surface area contributed by atoms with Gasteiger partial charge in [0.2, 0.25) is 0 Å². The van der Waals surface area contributed by atoms with Crippen molar-refractivity contribution in [3.63, 3.8) is 0 Å². The molecule has 0 aliphatic carbocycles. The number of hydrogen-bond acceptors (Lipinski definition) is 7. The van der Waals surface area contributed by atoms with Gasteiger partial charge in [-0.3, -0.25) is 0 Å². The van der Waals surface area contributed by atoms with Gasteiger partial charge in [-0.25, -0.2) is 9.59 Å². The predicted molar refractivity (Wildman–Crippen MR) is 74.0 cm³/mol. The highest BCUT2D eigenvalue weighted by molar-refractivity contribution is 9.10. The first kappa shape index (κ1) is 15.9. The van der Waals surface area contributed by atoms with Crippen molar-refractivity contribution in [2.75, 3.05) is 7.11 Å². The van der Waals surface area contributed by atoms with Crippen molar-refractivity contribution in [1.82, 2.24) is 5.06 Å². The van der Waals surface area contributed by atoms with Gasteiger partial charge in [-0.05, 0) is 47.0 Å². The maximum absolute atomic E-state index is 12.0. The van der Waals surface area contributed by atoms with Crippen LogP contribution in [-0.4, -0.2) is 46.8 Å². The third kappa shape index (κ3) is 3.41. The molecule has 0 bridgehead atoms. The molecule has 2 N–H and O–H groups in total. The third-order valence-corrected chi connectivity index (χ3v) is 3.73. The number of ether oxygens (including phenoxy) is 1. The van der Waals surface area contributed by atoms with E-state index in [1.807, 2.05) is 0 Å². The largest absolute Gasteiger partial charge is 0.465 e. The van der Waals surface area contributed by atoms with Crippen molar-refractivity contribution in [2.45, 2.75) is 25.3 Å². The van der Waals surface area contributed by atoms with E-state index in [1.54, 1.807) is 0 Å². The molecule has 1 aromatic carbocycles. The Balaban J connectivity index is 2.13. The molecule has 0 amide bonds. The summed E-state index contributed by atoms with van der Waals surface area (Å²) < 4.78 is 4.97. The Kier molecular flexibility index (Phi) is 4.94. The minimum atomic E-state index is -1.03. The normalized spacial score (nSPS) is 22.1. The zero-order valence-corrected chi connectivity index (χ0v) is 12.7. The second kappa shape index (κ2) is 6.52. The van der Waals surface area contributed by atoms with Gasteiger partial charge in [-0.15, -0.1) is 0 Å². The number of benzene rings is 1. The lowest BCUT2D eigenvalue weighted by atomic mass is 10.1. The van der Waals surface area contributed by atoms with Crippen LogP contribution < -0.4 is 0 Å². The van der Waals surface area contributed by atoms with Crippen LogP contribution in [0.1, 0.15) is 33.6 Å². The zero-order valence-electron chi connectivity index (χ0n) is 11.2. The maximum Gasteiger partial charge on any atom is 0.357 e. The molecule has 1 aliphatic rings. The molecule has 1 heterocycles. The van der Waals surface area contributed by atoms with Gasteiger partial charge in [0.15, 0.2) is 0 Å². The smallest absolute Gasteiger partial charge is 0.357 e. The van der Waals surface area contributed by atoms with Gasteiger partial charge in [0.1, 0.15) is 12.5 Å². The average molecular weight is 360 g/mol. The number of hydrogen-bond donors (Lipinski definition) is 2. The Hall–Kier alpha value is -1.48. The molecule has 1 aliphatic heterocycles. The topological polar surface area (TPSA) is 96.3 Å². The van der Waals surface area contributed by atoms with Crippen LogP contribution in [0, 0.1) is 0 Å². The number of carbonyl (C=O) groups is 2.